The number of likely N-dealkylation sites (N-methyl/N-ethyl adjacent to an activating group) is 1. The molecule has 5 nitrogen and oxygen atoms in total. The number of methoxy groups -OCH3 is 1. The van der Waals surface area contributed by atoms with E-state index in [4.69, 9.17) is 9.47 Å². The number of carbonyl (C=O) groups excluding carboxylic acids is 1. The van der Waals surface area contributed by atoms with Crippen molar-refractivity contribution in [3.8, 4) is 5.75 Å². The molecule has 0 aliphatic carbocycles. The monoisotopic (exact) mass is 292 g/mol. The summed E-state index contributed by atoms with van der Waals surface area (Å²) in [5.41, 5.74) is 1.19. The number of amides is 1. The predicted octanol–water partition coefficient (Wildman–Crippen LogP) is 1.08. The summed E-state index contributed by atoms with van der Waals surface area (Å²) in [4.78, 5) is 11.7. The van der Waals surface area contributed by atoms with Crippen molar-refractivity contribution in [3.05, 3.63) is 29.8 Å². The molecule has 0 bridgehead atoms. The molecule has 0 unspecified atom stereocenters. The van der Waals surface area contributed by atoms with Gasteiger partial charge in [0.05, 0.1) is 13.7 Å². The Kier molecular flexibility index (Phi) is 5.59. The second kappa shape index (κ2) is 7.43. The third kappa shape index (κ3) is 3.95. The van der Waals surface area contributed by atoms with Gasteiger partial charge in [-0.05, 0) is 37.6 Å². The second-order valence-corrected chi connectivity index (χ2v) is 5.43. The number of hydrogen-bond donors (Lipinski definition) is 2. The van der Waals surface area contributed by atoms with Crippen molar-refractivity contribution < 1.29 is 14.3 Å². The van der Waals surface area contributed by atoms with E-state index in [9.17, 15) is 4.79 Å². The van der Waals surface area contributed by atoms with Crippen LogP contribution in [0.15, 0.2) is 24.3 Å². The van der Waals surface area contributed by atoms with Crippen LogP contribution in [0.2, 0.25) is 0 Å². The molecule has 21 heavy (non-hydrogen) atoms. The molecular weight excluding hydrogens is 268 g/mol. The first-order chi connectivity index (χ1) is 10.2. The molecule has 1 amide bonds. The molecule has 0 spiro atoms. The quantitative estimate of drug-likeness (QED) is 0.824. The van der Waals surface area contributed by atoms with Crippen LogP contribution in [0.1, 0.15) is 18.4 Å². The molecule has 0 saturated carbocycles. The van der Waals surface area contributed by atoms with Crippen molar-refractivity contribution in [2.75, 3.05) is 40.5 Å². The fourth-order valence-electron chi connectivity index (χ4n) is 2.77. The van der Waals surface area contributed by atoms with Crippen LogP contribution in [0.3, 0.4) is 0 Å². The Morgan fingerprint density at radius 1 is 1.29 bits per heavy atom. The zero-order valence-corrected chi connectivity index (χ0v) is 12.8. The van der Waals surface area contributed by atoms with Gasteiger partial charge in [-0.25, -0.2) is 0 Å². The van der Waals surface area contributed by atoms with Crippen LogP contribution >= 0.6 is 0 Å². The number of benzene rings is 1. The smallest absolute Gasteiger partial charge is 0.233 e. The summed E-state index contributed by atoms with van der Waals surface area (Å²) in [6, 6.07) is 8.13. The molecule has 2 N–H and O–H groups in total. The number of nitrogens with one attached hydrogen (secondary N) is 2. The second-order valence-electron chi connectivity index (χ2n) is 5.43. The van der Waals surface area contributed by atoms with Crippen molar-refractivity contribution in [1.82, 2.24) is 10.6 Å². The van der Waals surface area contributed by atoms with Gasteiger partial charge in [0.25, 0.3) is 0 Å². The molecule has 1 saturated heterocycles. The SMILES string of the molecule is CNCC(=O)NCC1(c2ccc(OC)cc2)CCOCC1. The van der Waals surface area contributed by atoms with Crippen LogP contribution in [0.5, 0.6) is 5.75 Å². The summed E-state index contributed by atoms with van der Waals surface area (Å²) in [7, 11) is 3.43. The van der Waals surface area contributed by atoms with Gasteiger partial charge in [-0.3, -0.25) is 4.79 Å². The Morgan fingerprint density at radius 2 is 1.95 bits per heavy atom. The topological polar surface area (TPSA) is 59.6 Å². The lowest BCUT2D eigenvalue weighted by atomic mass is 9.74. The van der Waals surface area contributed by atoms with Crippen LogP contribution in [0, 0.1) is 0 Å². The summed E-state index contributed by atoms with van der Waals surface area (Å²) >= 11 is 0. The van der Waals surface area contributed by atoms with Gasteiger partial charge in [0.1, 0.15) is 5.75 Å². The van der Waals surface area contributed by atoms with E-state index in [1.165, 1.54) is 5.56 Å². The van der Waals surface area contributed by atoms with E-state index in [1.807, 2.05) is 12.1 Å². The van der Waals surface area contributed by atoms with Crippen molar-refractivity contribution in [1.29, 1.82) is 0 Å². The van der Waals surface area contributed by atoms with Gasteiger partial charge in [0.2, 0.25) is 5.91 Å². The number of carbonyl (C=O) groups is 1. The van der Waals surface area contributed by atoms with E-state index in [-0.39, 0.29) is 11.3 Å². The summed E-state index contributed by atoms with van der Waals surface area (Å²) in [5.74, 6) is 0.872. The van der Waals surface area contributed by atoms with E-state index in [0.717, 1.165) is 31.8 Å². The van der Waals surface area contributed by atoms with E-state index in [2.05, 4.69) is 22.8 Å². The molecule has 1 aliphatic heterocycles. The van der Waals surface area contributed by atoms with Gasteiger partial charge < -0.3 is 20.1 Å². The molecule has 5 heteroatoms. The molecule has 0 radical (unpaired) electrons. The van der Waals surface area contributed by atoms with Crippen molar-refractivity contribution in [3.63, 3.8) is 0 Å². The lowest BCUT2D eigenvalue weighted by molar-refractivity contribution is -0.120. The van der Waals surface area contributed by atoms with Crippen LogP contribution in [0.4, 0.5) is 0 Å². The molecule has 116 valence electrons. The van der Waals surface area contributed by atoms with Crippen LogP contribution in [0.25, 0.3) is 0 Å². The number of ether oxygens (including phenoxy) is 2. The van der Waals surface area contributed by atoms with Crippen molar-refractivity contribution in [2.24, 2.45) is 0 Å². The van der Waals surface area contributed by atoms with E-state index in [0.29, 0.717) is 13.1 Å². The zero-order chi connectivity index (χ0) is 15.1. The Morgan fingerprint density at radius 3 is 2.52 bits per heavy atom. The molecule has 1 aromatic carbocycles. The summed E-state index contributed by atoms with van der Waals surface area (Å²) in [6.45, 7) is 2.44. The molecule has 1 aliphatic rings. The minimum absolute atomic E-state index is 0.0249. The summed E-state index contributed by atoms with van der Waals surface area (Å²) in [5, 5.41) is 5.90. The van der Waals surface area contributed by atoms with Crippen LogP contribution < -0.4 is 15.4 Å². The van der Waals surface area contributed by atoms with E-state index < -0.39 is 0 Å². The van der Waals surface area contributed by atoms with Crippen molar-refractivity contribution in [2.45, 2.75) is 18.3 Å². The first-order valence-electron chi connectivity index (χ1n) is 7.34. The van der Waals surface area contributed by atoms with Gasteiger partial charge in [0.15, 0.2) is 0 Å². The Hall–Kier alpha value is -1.59. The fourth-order valence-corrected chi connectivity index (χ4v) is 2.77. The normalized spacial score (nSPS) is 17.2. The first kappa shape index (κ1) is 15.8. The molecular formula is C16H24N2O3. The highest BCUT2D eigenvalue weighted by molar-refractivity contribution is 5.78. The molecule has 0 atom stereocenters. The Bertz CT molecular complexity index is 453. The van der Waals surface area contributed by atoms with E-state index in [1.54, 1.807) is 14.2 Å². The molecule has 2 rings (SSSR count). The Balaban J connectivity index is 2.13. The maximum absolute atomic E-state index is 11.7. The summed E-state index contributed by atoms with van der Waals surface area (Å²) < 4.78 is 10.7. The maximum atomic E-state index is 11.7. The van der Waals surface area contributed by atoms with Crippen LogP contribution in [-0.4, -0.2) is 46.4 Å². The highest BCUT2D eigenvalue weighted by Crippen LogP contribution is 2.35. The predicted molar refractivity (Wildman–Crippen MR) is 81.7 cm³/mol. The summed E-state index contributed by atoms with van der Waals surface area (Å²) in [6.07, 6.45) is 1.83. The fraction of sp³-hybridized carbons (Fsp3) is 0.562. The molecule has 0 aromatic heterocycles. The highest BCUT2D eigenvalue weighted by Gasteiger charge is 2.34. The lowest BCUT2D eigenvalue weighted by Crippen LogP contribution is -2.46. The highest BCUT2D eigenvalue weighted by atomic mass is 16.5. The molecule has 1 fully saturated rings. The zero-order valence-electron chi connectivity index (χ0n) is 12.8. The molecule has 1 aromatic rings. The largest absolute Gasteiger partial charge is 0.497 e. The standard InChI is InChI=1S/C16H24N2O3/c1-17-11-15(19)18-12-16(7-9-21-10-8-16)13-3-5-14(20-2)6-4-13/h3-6,17H,7-12H2,1-2H3,(H,18,19). The lowest BCUT2D eigenvalue weighted by Gasteiger charge is -2.38. The number of hydrogen-bond acceptors (Lipinski definition) is 4. The minimum atomic E-state index is -0.0477. The first-order valence-corrected chi connectivity index (χ1v) is 7.34. The van der Waals surface area contributed by atoms with Gasteiger partial charge in [-0.1, -0.05) is 12.1 Å². The van der Waals surface area contributed by atoms with Gasteiger partial charge in [-0.15, -0.1) is 0 Å². The number of rotatable bonds is 6. The third-order valence-corrected chi connectivity index (χ3v) is 4.11. The van der Waals surface area contributed by atoms with Gasteiger partial charge in [-0.2, -0.15) is 0 Å². The van der Waals surface area contributed by atoms with Crippen molar-refractivity contribution >= 4 is 5.91 Å². The maximum Gasteiger partial charge on any atom is 0.233 e. The molecule has 1 heterocycles. The third-order valence-electron chi connectivity index (χ3n) is 4.11. The minimum Gasteiger partial charge on any atom is -0.497 e. The Labute approximate surface area is 126 Å². The van der Waals surface area contributed by atoms with Gasteiger partial charge >= 0.3 is 0 Å². The average molecular weight is 292 g/mol. The van der Waals surface area contributed by atoms with Gasteiger partial charge in [0, 0.05) is 25.2 Å². The van der Waals surface area contributed by atoms with E-state index >= 15 is 0 Å². The van der Waals surface area contributed by atoms with Crippen LogP contribution in [-0.2, 0) is 14.9 Å². The average Bonchev–Trinajstić information content (AvgIpc) is 2.54.